The van der Waals surface area contributed by atoms with Gasteiger partial charge in [-0.2, -0.15) is 0 Å². The van der Waals surface area contributed by atoms with Crippen LogP contribution in [0.4, 0.5) is 0 Å². The van der Waals surface area contributed by atoms with Crippen LogP contribution in [0.5, 0.6) is 0 Å². The lowest BCUT2D eigenvalue weighted by atomic mass is 10.2. The summed E-state index contributed by atoms with van der Waals surface area (Å²) in [5.41, 5.74) is 1.11. The number of carbonyl (C=O) groups excluding carboxylic acids is 2. The summed E-state index contributed by atoms with van der Waals surface area (Å²) in [6.45, 7) is 3.38. The van der Waals surface area contributed by atoms with E-state index in [1.165, 1.54) is 18.7 Å². The van der Waals surface area contributed by atoms with E-state index in [0.29, 0.717) is 18.8 Å². The Morgan fingerprint density at radius 2 is 2.06 bits per heavy atom. The quantitative estimate of drug-likeness (QED) is 0.576. The number of rotatable bonds is 6. The fraction of sp³-hybridized carbons (Fsp3) is 0.385. The third-order valence-electron chi connectivity index (χ3n) is 2.04. The van der Waals surface area contributed by atoms with Crippen LogP contribution in [0.15, 0.2) is 29.2 Å². The van der Waals surface area contributed by atoms with Crippen LogP contribution in [0.1, 0.15) is 19.4 Å². The van der Waals surface area contributed by atoms with E-state index in [1.807, 2.05) is 24.3 Å². The number of thioether (sulfide) groups is 1. The fourth-order valence-corrected chi connectivity index (χ4v) is 2.07. The maximum absolute atomic E-state index is 10.9. The molecule has 0 saturated heterocycles. The molecule has 0 N–H and O–H groups in total. The van der Waals surface area contributed by atoms with Crippen LogP contribution < -0.4 is 0 Å². The number of esters is 1. The van der Waals surface area contributed by atoms with Crippen molar-refractivity contribution in [2.45, 2.75) is 25.2 Å². The number of ether oxygens (including phenoxy) is 1. The Morgan fingerprint density at radius 1 is 1.29 bits per heavy atom. The van der Waals surface area contributed by atoms with Gasteiger partial charge in [-0.3, -0.25) is 9.59 Å². The highest BCUT2D eigenvalue weighted by Gasteiger charge is 2.00. The molecule has 0 saturated carbocycles. The molecule has 17 heavy (non-hydrogen) atoms. The maximum atomic E-state index is 10.9. The highest BCUT2D eigenvalue weighted by molar-refractivity contribution is 8.00. The van der Waals surface area contributed by atoms with Gasteiger partial charge in [-0.25, -0.2) is 0 Å². The van der Waals surface area contributed by atoms with Gasteiger partial charge in [0, 0.05) is 18.2 Å². The van der Waals surface area contributed by atoms with Crippen LogP contribution in [-0.2, 0) is 20.7 Å². The largest absolute Gasteiger partial charge is 0.466 e. The van der Waals surface area contributed by atoms with E-state index in [0.717, 1.165) is 10.5 Å². The average Bonchev–Trinajstić information content (AvgIpc) is 2.26. The second-order valence-electron chi connectivity index (χ2n) is 3.73. The van der Waals surface area contributed by atoms with Gasteiger partial charge in [0.25, 0.3) is 0 Å². The number of benzene rings is 1. The molecule has 92 valence electrons. The second kappa shape index (κ2) is 7.12. The third kappa shape index (κ3) is 6.12. The van der Waals surface area contributed by atoms with Gasteiger partial charge in [-0.1, -0.05) is 12.1 Å². The number of Topliss-reactive ketones (excluding diaryl/α,β-unsaturated/α-hetero) is 1. The molecule has 0 atom stereocenters. The molecule has 0 aliphatic rings. The molecule has 0 radical (unpaired) electrons. The van der Waals surface area contributed by atoms with Gasteiger partial charge in [-0.05, 0) is 24.6 Å². The molecule has 0 fully saturated rings. The Balaban J connectivity index is 2.47. The van der Waals surface area contributed by atoms with Crippen LogP contribution in [-0.4, -0.2) is 24.1 Å². The molecular formula is C13H16O3S. The van der Waals surface area contributed by atoms with Gasteiger partial charge in [0.2, 0.25) is 0 Å². The highest BCUT2D eigenvalue weighted by Crippen LogP contribution is 2.19. The summed E-state index contributed by atoms with van der Waals surface area (Å²) in [5, 5.41) is 0. The Labute approximate surface area is 106 Å². The molecule has 3 nitrogen and oxygen atoms in total. The predicted molar refractivity (Wildman–Crippen MR) is 68.2 cm³/mol. The summed E-state index contributed by atoms with van der Waals surface area (Å²) < 4.78 is 4.88. The SMILES string of the molecule is CC(=O)CSc1cccc(CCOC(C)=O)c1. The van der Waals surface area contributed by atoms with E-state index in [1.54, 1.807) is 6.92 Å². The molecule has 4 heteroatoms. The molecule has 0 spiro atoms. The smallest absolute Gasteiger partial charge is 0.302 e. The molecule has 0 heterocycles. The Kier molecular flexibility index (Phi) is 5.77. The number of ketones is 1. The van der Waals surface area contributed by atoms with E-state index >= 15 is 0 Å². The first-order valence-corrected chi connectivity index (χ1v) is 6.41. The summed E-state index contributed by atoms with van der Waals surface area (Å²) in [4.78, 5) is 22.6. The molecule has 0 unspecified atom stereocenters. The number of carbonyl (C=O) groups is 2. The van der Waals surface area contributed by atoms with E-state index < -0.39 is 0 Å². The zero-order chi connectivity index (χ0) is 12.7. The lowest BCUT2D eigenvalue weighted by Gasteiger charge is -2.04. The van der Waals surface area contributed by atoms with Crippen molar-refractivity contribution in [3.05, 3.63) is 29.8 Å². The number of hydrogen-bond donors (Lipinski definition) is 0. The molecule has 1 rings (SSSR count). The van der Waals surface area contributed by atoms with Crippen molar-refractivity contribution in [1.82, 2.24) is 0 Å². The lowest BCUT2D eigenvalue weighted by molar-refractivity contribution is -0.140. The summed E-state index contributed by atoms with van der Waals surface area (Å²) in [5.74, 6) is 0.403. The van der Waals surface area contributed by atoms with Crippen molar-refractivity contribution < 1.29 is 14.3 Å². The van der Waals surface area contributed by atoms with Crippen molar-refractivity contribution in [2.75, 3.05) is 12.4 Å². The van der Waals surface area contributed by atoms with Crippen LogP contribution in [0.25, 0.3) is 0 Å². The normalized spacial score (nSPS) is 10.0. The van der Waals surface area contributed by atoms with Crippen molar-refractivity contribution in [2.24, 2.45) is 0 Å². The Bertz CT molecular complexity index is 401. The molecule has 0 aliphatic heterocycles. The highest BCUT2D eigenvalue weighted by atomic mass is 32.2. The van der Waals surface area contributed by atoms with Gasteiger partial charge in [-0.15, -0.1) is 11.8 Å². The van der Waals surface area contributed by atoms with Crippen molar-refractivity contribution in [3.63, 3.8) is 0 Å². The molecule has 1 aromatic rings. The van der Waals surface area contributed by atoms with E-state index in [2.05, 4.69) is 0 Å². The zero-order valence-electron chi connectivity index (χ0n) is 10.1. The molecule has 0 aromatic heterocycles. The average molecular weight is 252 g/mol. The minimum atomic E-state index is -0.257. The fourth-order valence-electron chi connectivity index (χ4n) is 1.29. The Hall–Kier alpha value is -1.29. The van der Waals surface area contributed by atoms with Gasteiger partial charge in [0.15, 0.2) is 0 Å². The monoisotopic (exact) mass is 252 g/mol. The van der Waals surface area contributed by atoms with Crippen LogP contribution in [0.3, 0.4) is 0 Å². The van der Waals surface area contributed by atoms with E-state index in [9.17, 15) is 9.59 Å². The van der Waals surface area contributed by atoms with Gasteiger partial charge < -0.3 is 4.74 Å². The molecular weight excluding hydrogens is 236 g/mol. The topological polar surface area (TPSA) is 43.4 Å². The van der Waals surface area contributed by atoms with Crippen LogP contribution >= 0.6 is 11.8 Å². The van der Waals surface area contributed by atoms with E-state index in [-0.39, 0.29) is 11.8 Å². The van der Waals surface area contributed by atoms with Crippen LogP contribution in [0, 0.1) is 0 Å². The molecule has 1 aromatic carbocycles. The lowest BCUT2D eigenvalue weighted by Crippen LogP contribution is -2.03. The first kappa shape index (κ1) is 13.8. The van der Waals surface area contributed by atoms with Crippen LogP contribution in [0.2, 0.25) is 0 Å². The van der Waals surface area contributed by atoms with Gasteiger partial charge in [0.1, 0.15) is 5.78 Å². The second-order valence-corrected chi connectivity index (χ2v) is 4.78. The summed E-state index contributed by atoms with van der Waals surface area (Å²) in [6.07, 6.45) is 0.702. The van der Waals surface area contributed by atoms with Crippen molar-refractivity contribution in [1.29, 1.82) is 0 Å². The number of hydrogen-bond acceptors (Lipinski definition) is 4. The molecule has 0 aliphatic carbocycles. The Morgan fingerprint density at radius 3 is 2.71 bits per heavy atom. The first-order valence-electron chi connectivity index (χ1n) is 5.42. The maximum Gasteiger partial charge on any atom is 0.302 e. The minimum Gasteiger partial charge on any atom is -0.466 e. The molecule has 0 amide bonds. The first-order chi connectivity index (χ1) is 8.08. The van der Waals surface area contributed by atoms with Gasteiger partial charge in [0.05, 0.1) is 12.4 Å². The predicted octanol–water partition coefficient (Wildman–Crippen LogP) is 2.47. The molecule has 0 bridgehead atoms. The summed E-state index contributed by atoms with van der Waals surface area (Å²) in [6, 6.07) is 7.94. The minimum absolute atomic E-state index is 0.167. The van der Waals surface area contributed by atoms with E-state index in [4.69, 9.17) is 4.74 Å². The third-order valence-corrected chi connectivity index (χ3v) is 3.17. The van der Waals surface area contributed by atoms with Crippen molar-refractivity contribution in [3.8, 4) is 0 Å². The zero-order valence-corrected chi connectivity index (χ0v) is 10.9. The summed E-state index contributed by atoms with van der Waals surface area (Å²) in [7, 11) is 0. The standard InChI is InChI=1S/C13H16O3S/c1-10(14)9-17-13-5-3-4-12(8-13)6-7-16-11(2)15/h3-5,8H,6-7,9H2,1-2H3. The van der Waals surface area contributed by atoms with Crippen molar-refractivity contribution >= 4 is 23.5 Å². The summed E-state index contributed by atoms with van der Waals surface area (Å²) >= 11 is 1.53. The van der Waals surface area contributed by atoms with Gasteiger partial charge >= 0.3 is 5.97 Å².